The van der Waals surface area contributed by atoms with Gasteiger partial charge in [-0.3, -0.25) is 9.13 Å². The number of rotatable bonds is 9. The molecular weight excluding hydrogens is 318 g/mol. The molecule has 22 heavy (non-hydrogen) atoms. The number of benzene rings is 1. The second kappa shape index (κ2) is 8.45. The zero-order valence-corrected chi connectivity index (χ0v) is 15.7. The number of hydrogen-bond donors (Lipinski definition) is 1. The fourth-order valence-corrected chi connectivity index (χ4v) is 5.56. The van der Waals surface area contributed by atoms with Crippen molar-refractivity contribution in [2.75, 3.05) is 12.8 Å². The molecule has 0 amide bonds. The van der Waals surface area contributed by atoms with E-state index >= 15 is 0 Å². The first-order valence-electron chi connectivity index (χ1n) is 7.85. The summed E-state index contributed by atoms with van der Waals surface area (Å²) in [6.45, 7) is 7.85. The molecule has 0 aliphatic rings. The summed E-state index contributed by atoms with van der Waals surface area (Å²) >= 11 is 0. The molecule has 0 fully saturated rings. The van der Waals surface area contributed by atoms with Crippen LogP contribution in [0.15, 0.2) is 30.3 Å². The van der Waals surface area contributed by atoms with Gasteiger partial charge in [0, 0.05) is 22.8 Å². The zero-order chi connectivity index (χ0) is 16.8. The molecule has 0 saturated heterocycles. The minimum absolute atomic E-state index is 0.0168. The SMILES string of the molecule is CCP(=O)(OCCCC(C)P(=O)(O)c1ccccc1)C(C)C. The Morgan fingerprint density at radius 3 is 2.23 bits per heavy atom. The van der Waals surface area contributed by atoms with E-state index in [1.165, 1.54) is 0 Å². The molecule has 0 radical (unpaired) electrons. The molecule has 6 heteroatoms. The van der Waals surface area contributed by atoms with Gasteiger partial charge in [0.2, 0.25) is 14.7 Å². The van der Waals surface area contributed by atoms with Crippen LogP contribution >= 0.6 is 14.7 Å². The molecule has 0 spiro atoms. The Morgan fingerprint density at radius 1 is 1.14 bits per heavy atom. The van der Waals surface area contributed by atoms with E-state index in [0.717, 1.165) is 0 Å². The second-order valence-electron chi connectivity index (χ2n) is 5.92. The highest BCUT2D eigenvalue weighted by Crippen LogP contribution is 2.51. The normalized spacial score (nSPS) is 18.6. The van der Waals surface area contributed by atoms with Crippen LogP contribution in [0.3, 0.4) is 0 Å². The highest BCUT2D eigenvalue weighted by molar-refractivity contribution is 7.66. The van der Waals surface area contributed by atoms with Crippen LogP contribution in [0.1, 0.15) is 40.5 Å². The molecule has 1 N–H and O–H groups in total. The molecule has 0 aromatic heterocycles. The molecule has 1 aromatic carbocycles. The first-order chi connectivity index (χ1) is 10.2. The van der Waals surface area contributed by atoms with Crippen LogP contribution in [-0.4, -0.2) is 29.0 Å². The van der Waals surface area contributed by atoms with E-state index in [9.17, 15) is 14.0 Å². The molecule has 0 bridgehead atoms. The Labute approximate surface area is 134 Å². The van der Waals surface area contributed by atoms with Gasteiger partial charge in [-0.05, 0) is 25.0 Å². The van der Waals surface area contributed by atoms with Gasteiger partial charge >= 0.3 is 0 Å². The van der Waals surface area contributed by atoms with Crippen molar-refractivity contribution in [2.24, 2.45) is 0 Å². The summed E-state index contributed by atoms with van der Waals surface area (Å²) in [5, 5.41) is 0.491. The fourth-order valence-electron chi connectivity index (χ4n) is 2.27. The summed E-state index contributed by atoms with van der Waals surface area (Å²) in [7, 11) is -5.93. The van der Waals surface area contributed by atoms with Crippen molar-refractivity contribution in [3.8, 4) is 0 Å². The Morgan fingerprint density at radius 2 is 1.73 bits per heavy atom. The fraction of sp³-hybridized carbons (Fsp3) is 0.625. The van der Waals surface area contributed by atoms with Gasteiger partial charge in [0.25, 0.3) is 0 Å². The lowest BCUT2D eigenvalue weighted by Crippen LogP contribution is -2.15. The molecule has 1 rings (SSSR count). The van der Waals surface area contributed by atoms with Crippen molar-refractivity contribution in [3.63, 3.8) is 0 Å². The van der Waals surface area contributed by atoms with Crippen LogP contribution < -0.4 is 5.30 Å². The molecule has 0 saturated carbocycles. The lowest BCUT2D eigenvalue weighted by atomic mass is 10.3. The van der Waals surface area contributed by atoms with Crippen molar-refractivity contribution in [1.29, 1.82) is 0 Å². The zero-order valence-electron chi connectivity index (χ0n) is 13.9. The molecule has 1 aromatic rings. The summed E-state index contributed by atoms with van der Waals surface area (Å²) < 4.78 is 30.5. The first kappa shape index (κ1) is 19.6. The Bertz CT molecular complexity index is 542. The molecule has 126 valence electrons. The van der Waals surface area contributed by atoms with Gasteiger partial charge < -0.3 is 9.42 Å². The maximum absolute atomic E-state index is 12.5. The van der Waals surface area contributed by atoms with E-state index in [0.29, 0.717) is 30.9 Å². The predicted molar refractivity (Wildman–Crippen MR) is 93.8 cm³/mol. The standard InChI is InChI=1S/C16H28O4P2/c1-5-21(17,14(2)3)20-13-9-10-15(4)22(18,19)16-11-7-6-8-12-16/h6-8,11-12,14-15H,5,9-10,13H2,1-4H3,(H,18,19). The third-order valence-corrected chi connectivity index (χ3v) is 9.59. The minimum Gasteiger partial charge on any atom is -0.341 e. The van der Waals surface area contributed by atoms with Crippen LogP contribution in [0.4, 0.5) is 0 Å². The average molecular weight is 346 g/mol. The van der Waals surface area contributed by atoms with E-state index in [4.69, 9.17) is 4.52 Å². The van der Waals surface area contributed by atoms with Gasteiger partial charge in [0.1, 0.15) is 0 Å². The lowest BCUT2D eigenvalue weighted by molar-refractivity contribution is 0.299. The highest BCUT2D eigenvalue weighted by atomic mass is 31.2. The van der Waals surface area contributed by atoms with Gasteiger partial charge in [-0.1, -0.05) is 45.9 Å². The van der Waals surface area contributed by atoms with Gasteiger partial charge in [-0.2, -0.15) is 0 Å². The number of hydrogen-bond acceptors (Lipinski definition) is 3. The smallest absolute Gasteiger partial charge is 0.232 e. The molecule has 0 aliphatic heterocycles. The summed E-state index contributed by atoms with van der Waals surface area (Å²) in [6, 6.07) is 8.76. The van der Waals surface area contributed by atoms with Crippen LogP contribution in [-0.2, 0) is 13.7 Å². The first-order valence-corrected chi connectivity index (χ1v) is 11.5. The van der Waals surface area contributed by atoms with Gasteiger partial charge in [0.05, 0.1) is 6.61 Å². The van der Waals surface area contributed by atoms with Gasteiger partial charge in [0.15, 0.2) is 0 Å². The summed E-state index contributed by atoms with van der Waals surface area (Å²) in [6.07, 6.45) is 1.74. The van der Waals surface area contributed by atoms with Gasteiger partial charge in [-0.25, -0.2) is 0 Å². The van der Waals surface area contributed by atoms with Crippen molar-refractivity contribution in [2.45, 2.75) is 51.9 Å². The molecule has 0 heterocycles. The van der Waals surface area contributed by atoms with Crippen LogP contribution in [0, 0.1) is 0 Å². The van der Waals surface area contributed by atoms with Crippen molar-refractivity contribution in [1.82, 2.24) is 0 Å². The predicted octanol–water partition coefficient (Wildman–Crippen LogP) is 4.47. The Hall–Kier alpha value is -0.400. The van der Waals surface area contributed by atoms with Gasteiger partial charge in [-0.15, -0.1) is 0 Å². The van der Waals surface area contributed by atoms with E-state index in [-0.39, 0.29) is 11.3 Å². The molecular formula is C16H28O4P2. The maximum atomic E-state index is 12.5. The summed E-state index contributed by atoms with van der Waals surface area (Å²) in [4.78, 5) is 10.3. The largest absolute Gasteiger partial charge is 0.341 e. The third kappa shape index (κ3) is 5.06. The van der Waals surface area contributed by atoms with Crippen LogP contribution in [0.2, 0.25) is 0 Å². The Kier molecular flexibility index (Phi) is 7.55. The lowest BCUT2D eigenvalue weighted by Gasteiger charge is -2.22. The average Bonchev–Trinajstić information content (AvgIpc) is 2.51. The second-order valence-corrected chi connectivity index (χ2v) is 11.9. The highest BCUT2D eigenvalue weighted by Gasteiger charge is 2.29. The van der Waals surface area contributed by atoms with E-state index in [2.05, 4.69) is 0 Å². The van der Waals surface area contributed by atoms with Crippen molar-refractivity contribution < 1.29 is 18.5 Å². The molecule has 0 aliphatic carbocycles. The molecule has 3 unspecified atom stereocenters. The topological polar surface area (TPSA) is 63.6 Å². The van der Waals surface area contributed by atoms with E-state index < -0.39 is 14.7 Å². The maximum Gasteiger partial charge on any atom is 0.232 e. The summed E-state index contributed by atoms with van der Waals surface area (Å²) in [5.41, 5.74) is -0.318. The van der Waals surface area contributed by atoms with E-state index in [1.54, 1.807) is 31.2 Å². The molecule has 4 nitrogen and oxygen atoms in total. The molecule has 3 atom stereocenters. The minimum atomic E-state index is -3.37. The quantitative estimate of drug-likeness (QED) is 0.529. The monoisotopic (exact) mass is 346 g/mol. The van der Waals surface area contributed by atoms with Crippen molar-refractivity contribution in [3.05, 3.63) is 30.3 Å². The van der Waals surface area contributed by atoms with Crippen molar-refractivity contribution >= 4 is 20.0 Å². The summed E-state index contributed by atoms with van der Waals surface area (Å²) in [5.74, 6) is 0. The third-order valence-electron chi connectivity index (χ3n) is 4.03. The van der Waals surface area contributed by atoms with E-state index in [1.807, 2.05) is 26.8 Å². The van der Waals surface area contributed by atoms with Crippen LogP contribution in [0.5, 0.6) is 0 Å². The Balaban J connectivity index is 2.52. The van der Waals surface area contributed by atoms with Crippen LogP contribution in [0.25, 0.3) is 0 Å².